The maximum Gasteiger partial charge on any atom is 0.318 e. The minimum absolute atomic E-state index is 0.0273. The van der Waals surface area contributed by atoms with Gasteiger partial charge >= 0.3 is 5.97 Å². The van der Waals surface area contributed by atoms with E-state index >= 15 is 0 Å². The molecule has 0 aromatic carbocycles. The highest BCUT2D eigenvalue weighted by Gasteiger charge is 2.41. The molecule has 0 saturated carbocycles. The molecule has 2 atom stereocenters. The molecule has 5 nitrogen and oxygen atoms in total. The minimum atomic E-state index is -0.837. The second kappa shape index (κ2) is 5.09. The summed E-state index contributed by atoms with van der Waals surface area (Å²) < 4.78 is 4.86. The number of esters is 1. The van der Waals surface area contributed by atoms with Crippen LogP contribution in [0.4, 0.5) is 0 Å². The van der Waals surface area contributed by atoms with Crippen molar-refractivity contribution in [3.63, 3.8) is 0 Å². The van der Waals surface area contributed by atoms with Crippen molar-refractivity contribution in [1.82, 2.24) is 4.90 Å². The normalized spacial score (nSPS) is 22.1. The number of hydrogen-bond acceptors (Lipinski definition) is 4. The van der Waals surface area contributed by atoms with Gasteiger partial charge in [0.2, 0.25) is 5.91 Å². The van der Waals surface area contributed by atoms with Gasteiger partial charge in [0, 0.05) is 13.5 Å². The maximum atomic E-state index is 11.6. The van der Waals surface area contributed by atoms with Gasteiger partial charge in [-0.3, -0.25) is 14.4 Å². The molecule has 90 valence electrons. The fourth-order valence-corrected chi connectivity index (χ4v) is 2.04. The number of nitrogens with zero attached hydrogens (tertiary/aromatic N) is 1. The van der Waals surface area contributed by atoms with Crippen LogP contribution < -0.4 is 0 Å². The zero-order valence-electron chi connectivity index (χ0n) is 9.86. The first kappa shape index (κ1) is 12.7. The van der Waals surface area contributed by atoms with Crippen LogP contribution in [0.1, 0.15) is 26.7 Å². The molecule has 1 saturated heterocycles. The fraction of sp³-hybridized carbons (Fsp3) is 0.727. The Labute approximate surface area is 94.7 Å². The van der Waals surface area contributed by atoms with E-state index in [-0.39, 0.29) is 24.3 Å². The van der Waals surface area contributed by atoms with E-state index in [1.54, 1.807) is 14.0 Å². The molecule has 5 heteroatoms. The highest BCUT2D eigenvalue weighted by molar-refractivity contribution is 5.99. The maximum absolute atomic E-state index is 11.6. The van der Waals surface area contributed by atoms with Crippen LogP contribution in [0, 0.1) is 5.92 Å². The number of carbonyl (C=O) groups excluding carboxylic acids is 3. The molecule has 0 N–H and O–H groups in total. The summed E-state index contributed by atoms with van der Waals surface area (Å²) in [7, 11) is 1.62. The predicted octanol–water partition coefficient (Wildman–Crippen LogP) is 0.375. The summed E-state index contributed by atoms with van der Waals surface area (Å²) in [6.07, 6.45) is 0.933. The van der Waals surface area contributed by atoms with Gasteiger partial charge < -0.3 is 9.64 Å². The summed E-state index contributed by atoms with van der Waals surface area (Å²) in [6.45, 7) is 3.30. The van der Waals surface area contributed by atoms with E-state index in [1.807, 2.05) is 0 Å². The molecular weight excluding hydrogens is 212 g/mol. The van der Waals surface area contributed by atoms with E-state index in [9.17, 15) is 14.4 Å². The number of likely N-dealkylation sites (tertiary alicyclic amines) is 1. The van der Waals surface area contributed by atoms with E-state index < -0.39 is 11.9 Å². The van der Waals surface area contributed by atoms with Crippen LogP contribution in [0.5, 0.6) is 0 Å². The molecule has 0 spiro atoms. The lowest BCUT2D eigenvalue weighted by atomic mass is 10.0. The fourth-order valence-electron chi connectivity index (χ4n) is 2.04. The summed E-state index contributed by atoms with van der Waals surface area (Å²) in [4.78, 5) is 35.9. The molecule has 0 radical (unpaired) electrons. The number of hydrogen-bond donors (Lipinski definition) is 0. The van der Waals surface area contributed by atoms with Crippen molar-refractivity contribution in [2.24, 2.45) is 5.92 Å². The SMILES string of the molecule is CCOC(=O)C(C1CCC(=O)N1C)[13C]([13CH3])=O. The van der Waals surface area contributed by atoms with Gasteiger partial charge in [0.05, 0.1) is 12.6 Å². The molecule has 1 amide bonds. The Bertz CT molecular complexity index is 313. The first-order valence-electron chi connectivity index (χ1n) is 5.41. The highest BCUT2D eigenvalue weighted by Crippen LogP contribution is 2.25. The van der Waals surface area contributed by atoms with Crippen molar-refractivity contribution in [3.05, 3.63) is 0 Å². The summed E-state index contributed by atoms with van der Waals surface area (Å²) in [5.41, 5.74) is 0. The third-order valence-corrected chi connectivity index (χ3v) is 2.91. The molecule has 16 heavy (non-hydrogen) atoms. The van der Waals surface area contributed by atoms with Crippen molar-refractivity contribution in [3.8, 4) is 0 Å². The molecule has 1 heterocycles. The van der Waals surface area contributed by atoms with E-state index in [4.69, 9.17) is 4.74 Å². The molecule has 0 aromatic heterocycles. The lowest BCUT2D eigenvalue weighted by molar-refractivity contribution is -0.153. The monoisotopic (exact) mass is 229 g/mol. The number of rotatable bonds is 4. The second-order valence-electron chi connectivity index (χ2n) is 3.95. The van der Waals surface area contributed by atoms with Gasteiger partial charge in [0.25, 0.3) is 0 Å². The van der Waals surface area contributed by atoms with Crippen molar-refractivity contribution in [2.75, 3.05) is 13.7 Å². The smallest absolute Gasteiger partial charge is 0.318 e. The average molecular weight is 229 g/mol. The lowest BCUT2D eigenvalue weighted by Gasteiger charge is -2.25. The van der Waals surface area contributed by atoms with Crippen molar-refractivity contribution in [2.45, 2.75) is 32.7 Å². The van der Waals surface area contributed by atoms with Crippen LogP contribution in [0.3, 0.4) is 0 Å². The van der Waals surface area contributed by atoms with Crippen molar-refractivity contribution < 1.29 is 19.1 Å². The molecule has 2 unspecified atom stereocenters. The van der Waals surface area contributed by atoms with Gasteiger partial charge in [0.15, 0.2) is 0 Å². The third kappa shape index (κ3) is 2.40. The molecule has 1 aliphatic heterocycles. The van der Waals surface area contributed by atoms with Gasteiger partial charge in [-0.25, -0.2) is 0 Å². The van der Waals surface area contributed by atoms with Gasteiger partial charge in [-0.05, 0) is 20.3 Å². The Morgan fingerprint density at radius 2 is 2.19 bits per heavy atom. The third-order valence-electron chi connectivity index (χ3n) is 2.91. The van der Waals surface area contributed by atoms with Crippen LogP contribution in [0.25, 0.3) is 0 Å². The largest absolute Gasteiger partial charge is 0.465 e. The number of ketones is 1. The van der Waals surface area contributed by atoms with Crippen LogP contribution in [0.2, 0.25) is 0 Å². The number of ether oxygens (including phenoxy) is 1. The Morgan fingerprint density at radius 3 is 2.56 bits per heavy atom. The minimum Gasteiger partial charge on any atom is -0.465 e. The second-order valence-corrected chi connectivity index (χ2v) is 3.95. The van der Waals surface area contributed by atoms with Gasteiger partial charge in [0.1, 0.15) is 11.7 Å². The zero-order valence-corrected chi connectivity index (χ0v) is 9.86. The van der Waals surface area contributed by atoms with Gasteiger partial charge in [-0.15, -0.1) is 0 Å². The first-order chi connectivity index (χ1) is 7.49. The molecule has 0 bridgehead atoms. The summed E-state index contributed by atoms with van der Waals surface area (Å²) >= 11 is 0. The summed E-state index contributed by atoms with van der Waals surface area (Å²) in [6, 6.07) is -0.343. The zero-order chi connectivity index (χ0) is 12.3. The lowest BCUT2D eigenvalue weighted by Crippen LogP contribution is -2.43. The number of Topliss-reactive ketones (excluding diaryl/α,β-unsaturated/α-hetero) is 1. The van der Waals surface area contributed by atoms with E-state index in [1.165, 1.54) is 11.8 Å². The van der Waals surface area contributed by atoms with Crippen LogP contribution >= 0.6 is 0 Å². The number of carbonyl (C=O) groups is 3. The predicted molar refractivity (Wildman–Crippen MR) is 56.6 cm³/mol. The Kier molecular flexibility index (Phi) is 4.04. The highest BCUT2D eigenvalue weighted by atomic mass is 16.5. The van der Waals surface area contributed by atoms with Crippen LogP contribution in [-0.2, 0) is 19.1 Å². The van der Waals surface area contributed by atoms with Gasteiger partial charge in [-0.2, -0.15) is 0 Å². The van der Waals surface area contributed by atoms with Crippen LogP contribution in [0.15, 0.2) is 0 Å². The molecule has 1 fully saturated rings. The standard InChI is InChI=1S/C11H17NO4/c1-4-16-11(15)10(7(2)13)8-5-6-9(14)12(8)3/h8,10H,4-6H2,1-3H3/i2+1,7+1. The molecular formula is C11H17NO4. The molecule has 0 aliphatic carbocycles. The first-order valence-corrected chi connectivity index (χ1v) is 5.41. The summed E-state index contributed by atoms with van der Waals surface area (Å²) in [5, 5.41) is 0. The van der Waals surface area contributed by atoms with E-state index in [0.717, 1.165) is 0 Å². The number of amides is 1. The van der Waals surface area contributed by atoms with Crippen molar-refractivity contribution >= 4 is 17.7 Å². The van der Waals surface area contributed by atoms with E-state index in [0.29, 0.717) is 12.8 Å². The van der Waals surface area contributed by atoms with Gasteiger partial charge in [-0.1, -0.05) is 0 Å². The van der Waals surface area contributed by atoms with Crippen molar-refractivity contribution in [1.29, 1.82) is 0 Å². The average Bonchev–Trinajstić information content (AvgIpc) is 2.50. The quantitative estimate of drug-likeness (QED) is 0.397. The molecule has 0 aromatic rings. The van der Waals surface area contributed by atoms with Crippen LogP contribution in [-0.4, -0.2) is 42.3 Å². The topological polar surface area (TPSA) is 63.7 Å². The Morgan fingerprint density at radius 1 is 1.56 bits per heavy atom. The Balaban J connectivity index is 2.82. The molecule has 1 aliphatic rings. The summed E-state index contributed by atoms with van der Waals surface area (Å²) in [5.74, 6) is -1.64. The Hall–Kier alpha value is -1.39. The molecule has 1 rings (SSSR count). The van der Waals surface area contributed by atoms with E-state index in [2.05, 4.69) is 0 Å².